The number of amides is 1. The van der Waals surface area contributed by atoms with Gasteiger partial charge in [-0.3, -0.25) is 4.79 Å². The van der Waals surface area contributed by atoms with Crippen molar-refractivity contribution in [3.05, 3.63) is 0 Å². The van der Waals surface area contributed by atoms with E-state index in [2.05, 4.69) is 26.0 Å². The van der Waals surface area contributed by atoms with E-state index in [0.29, 0.717) is 24.2 Å². The fourth-order valence-corrected chi connectivity index (χ4v) is 5.37. The Hall–Kier alpha value is -1.55. The summed E-state index contributed by atoms with van der Waals surface area (Å²) in [4.78, 5) is 14.3. The summed E-state index contributed by atoms with van der Waals surface area (Å²) in [6.45, 7) is 5.17. The summed E-state index contributed by atoms with van der Waals surface area (Å²) in [6.07, 6.45) is 6.78. The molecule has 2 saturated carbocycles. The Bertz CT molecular complexity index is 544. The van der Waals surface area contributed by atoms with Crippen molar-refractivity contribution in [2.24, 2.45) is 29.1 Å². The Morgan fingerprint density at radius 3 is 2.39 bits per heavy atom. The van der Waals surface area contributed by atoms with Gasteiger partial charge in [0, 0.05) is 18.9 Å². The second-order valence-electron chi connectivity index (χ2n) is 8.57. The zero-order chi connectivity index (χ0) is 16.6. The highest BCUT2D eigenvalue weighted by Gasteiger charge is 2.47. The Labute approximate surface area is 139 Å². The van der Waals surface area contributed by atoms with Crippen LogP contribution in [-0.4, -0.2) is 23.4 Å². The van der Waals surface area contributed by atoms with E-state index in [0.717, 1.165) is 32.2 Å². The summed E-state index contributed by atoms with van der Waals surface area (Å²) in [7, 11) is 0. The molecule has 4 heteroatoms. The number of carbonyl (C=O) groups excluding carboxylic acids is 1. The summed E-state index contributed by atoms with van der Waals surface area (Å²) >= 11 is 0. The van der Waals surface area contributed by atoms with Gasteiger partial charge in [0.2, 0.25) is 5.91 Å². The van der Waals surface area contributed by atoms with Crippen LogP contribution < -0.4 is 0 Å². The summed E-state index contributed by atoms with van der Waals surface area (Å²) < 4.78 is 0. The first kappa shape index (κ1) is 16.3. The van der Waals surface area contributed by atoms with Gasteiger partial charge in [0.05, 0.1) is 12.1 Å². The Morgan fingerprint density at radius 2 is 1.83 bits per heavy atom. The minimum Gasteiger partial charge on any atom is -0.326 e. The predicted octanol–water partition coefficient (Wildman–Crippen LogP) is 3.49. The lowest BCUT2D eigenvalue weighted by molar-refractivity contribution is -0.131. The number of hydrogen-bond acceptors (Lipinski definition) is 3. The van der Waals surface area contributed by atoms with Gasteiger partial charge in [0.15, 0.2) is 0 Å². The number of nitriles is 2. The Balaban J connectivity index is 1.52. The number of fused-ring (bicyclic) bond motifs is 1. The zero-order valence-corrected chi connectivity index (χ0v) is 14.3. The standard InChI is InChI=1S/C19H27N3O/c1-13-5-17(11-21)22(12-13)18(23)3-4-19(2)8-15-6-14(10-20)7-16(15)9-19/h13-17H,3-9,12H2,1-2H3/t13-,14?,15-,16+,17-,19?/m0/s1. The molecule has 3 aliphatic rings. The largest absolute Gasteiger partial charge is 0.326 e. The van der Waals surface area contributed by atoms with Crippen LogP contribution in [0.25, 0.3) is 0 Å². The van der Waals surface area contributed by atoms with Crippen molar-refractivity contribution >= 4 is 5.91 Å². The molecule has 0 radical (unpaired) electrons. The summed E-state index contributed by atoms with van der Waals surface area (Å²) in [5.41, 5.74) is 0.249. The van der Waals surface area contributed by atoms with Gasteiger partial charge in [-0.1, -0.05) is 13.8 Å². The highest BCUT2D eigenvalue weighted by atomic mass is 16.2. The summed E-state index contributed by atoms with van der Waals surface area (Å²) in [6, 6.07) is 4.49. The van der Waals surface area contributed by atoms with E-state index in [4.69, 9.17) is 5.26 Å². The van der Waals surface area contributed by atoms with Crippen molar-refractivity contribution in [1.82, 2.24) is 4.90 Å². The molecule has 1 amide bonds. The molecule has 3 fully saturated rings. The number of nitrogens with zero attached hydrogens (tertiary/aromatic N) is 3. The molecule has 6 atom stereocenters. The van der Waals surface area contributed by atoms with Crippen LogP contribution in [0.1, 0.15) is 58.8 Å². The number of carbonyl (C=O) groups is 1. The van der Waals surface area contributed by atoms with Crippen LogP contribution in [0.4, 0.5) is 0 Å². The van der Waals surface area contributed by atoms with E-state index < -0.39 is 0 Å². The van der Waals surface area contributed by atoms with E-state index in [1.807, 2.05) is 0 Å². The molecule has 0 bridgehead atoms. The maximum absolute atomic E-state index is 12.5. The maximum atomic E-state index is 12.5. The number of hydrogen-bond donors (Lipinski definition) is 0. The van der Waals surface area contributed by atoms with E-state index >= 15 is 0 Å². The molecule has 1 aliphatic heterocycles. The lowest BCUT2D eigenvalue weighted by Gasteiger charge is -2.27. The maximum Gasteiger partial charge on any atom is 0.223 e. The van der Waals surface area contributed by atoms with Crippen LogP contribution in [0.3, 0.4) is 0 Å². The molecule has 2 aliphatic carbocycles. The first-order valence-corrected chi connectivity index (χ1v) is 9.03. The molecule has 0 N–H and O–H groups in total. The molecule has 1 saturated heterocycles. The quantitative estimate of drug-likeness (QED) is 0.801. The third kappa shape index (κ3) is 3.23. The monoisotopic (exact) mass is 313 g/mol. The normalized spacial score (nSPS) is 42.3. The molecule has 0 spiro atoms. The van der Waals surface area contributed by atoms with Crippen LogP contribution >= 0.6 is 0 Å². The topological polar surface area (TPSA) is 67.9 Å². The van der Waals surface area contributed by atoms with E-state index in [-0.39, 0.29) is 23.3 Å². The van der Waals surface area contributed by atoms with Crippen molar-refractivity contribution in [3.8, 4) is 12.1 Å². The van der Waals surface area contributed by atoms with E-state index in [1.54, 1.807) is 4.90 Å². The van der Waals surface area contributed by atoms with Gasteiger partial charge in [0.1, 0.15) is 6.04 Å². The second kappa shape index (κ2) is 6.16. The second-order valence-corrected chi connectivity index (χ2v) is 8.57. The fraction of sp³-hybridized carbons (Fsp3) is 0.842. The third-order valence-electron chi connectivity index (χ3n) is 6.46. The van der Waals surface area contributed by atoms with E-state index in [1.165, 1.54) is 12.8 Å². The SMILES string of the molecule is C[C@H]1C[C@@H](C#N)N(C(=O)CCC2(C)C[C@H]3CC(C#N)C[C@H]3C2)C1. The molecule has 23 heavy (non-hydrogen) atoms. The van der Waals surface area contributed by atoms with Gasteiger partial charge in [-0.2, -0.15) is 10.5 Å². The molecule has 1 heterocycles. The molecule has 0 aromatic carbocycles. The lowest BCUT2D eigenvalue weighted by Crippen LogP contribution is -2.35. The van der Waals surface area contributed by atoms with E-state index in [9.17, 15) is 10.1 Å². The zero-order valence-electron chi connectivity index (χ0n) is 14.3. The van der Waals surface area contributed by atoms with Crippen LogP contribution in [0.15, 0.2) is 0 Å². The van der Waals surface area contributed by atoms with Crippen molar-refractivity contribution in [3.63, 3.8) is 0 Å². The van der Waals surface area contributed by atoms with Crippen LogP contribution in [0, 0.1) is 51.7 Å². The highest BCUT2D eigenvalue weighted by molar-refractivity contribution is 5.77. The number of likely N-dealkylation sites (tertiary alicyclic amines) is 1. The minimum atomic E-state index is -0.218. The minimum absolute atomic E-state index is 0.161. The first-order valence-electron chi connectivity index (χ1n) is 9.03. The Kier molecular flexibility index (Phi) is 4.37. The predicted molar refractivity (Wildman–Crippen MR) is 86.8 cm³/mol. The average molecular weight is 313 g/mol. The first-order chi connectivity index (χ1) is 10.9. The molecule has 2 unspecified atom stereocenters. The molecular formula is C19H27N3O. The van der Waals surface area contributed by atoms with Crippen molar-refractivity contribution < 1.29 is 4.79 Å². The van der Waals surface area contributed by atoms with Gasteiger partial charge in [-0.25, -0.2) is 0 Å². The van der Waals surface area contributed by atoms with Gasteiger partial charge in [-0.15, -0.1) is 0 Å². The van der Waals surface area contributed by atoms with Gasteiger partial charge >= 0.3 is 0 Å². The number of rotatable bonds is 3. The van der Waals surface area contributed by atoms with Crippen LogP contribution in [-0.2, 0) is 4.79 Å². The fourth-order valence-electron chi connectivity index (χ4n) is 5.37. The van der Waals surface area contributed by atoms with Crippen molar-refractivity contribution in [1.29, 1.82) is 10.5 Å². The van der Waals surface area contributed by atoms with Gasteiger partial charge in [0.25, 0.3) is 0 Å². The summed E-state index contributed by atoms with van der Waals surface area (Å²) in [5, 5.41) is 18.3. The van der Waals surface area contributed by atoms with Gasteiger partial charge < -0.3 is 4.90 Å². The summed E-state index contributed by atoms with van der Waals surface area (Å²) in [5.74, 6) is 2.25. The molecular weight excluding hydrogens is 286 g/mol. The van der Waals surface area contributed by atoms with Crippen molar-refractivity contribution in [2.75, 3.05) is 6.54 Å². The molecule has 124 valence electrons. The molecule has 4 nitrogen and oxygen atoms in total. The van der Waals surface area contributed by atoms with Gasteiger partial charge in [-0.05, 0) is 61.7 Å². The molecule has 0 aromatic rings. The Morgan fingerprint density at radius 1 is 1.17 bits per heavy atom. The molecule has 3 rings (SSSR count). The van der Waals surface area contributed by atoms with Crippen LogP contribution in [0.5, 0.6) is 0 Å². The van der Waals surface area contributed by atoms with Crippen LogP contribution in [0.2, 0.25) is 0 Å². The smallest absolute Gasteiger partial charge is 0.223 e. The highest BCUT2D eigenvalue weighted by Crippen LogP contribution is 2.56. The lowest BCUT2D eigenvalue weighted by atomic mass is 9.80. The molecule has 0 aromatic heterocycles. The third-order valence-corrected chi connectivity index (χ3v) is 6.46. The van der Waals surface area contributed by atoms with Crippen molar-refractivity contribution in [2.45, 2.75) is 64.8 Å². The average Bonchev–Trinajstić information content (AvgIpc) is 3.15.